The van der Waals surface area contributed by atoms with Crippen LogP contribution in [0, 0.1) is 11.6 Å². The van der Waals surface area contributed by atoms with Gasteiger partial charge in [-0.2, -0.15) is 0 Å². The number of benzene rings is 1. The molecule has 1 aromatic carbocycles. The topological polar surface area (TPSA) is 41.1 Å². The molecule has 0 aromatic heterocycles. The molecule has 1 rings (SSSR count). The fraction of sp³-hybridized carbons (Fsp3) is 0.250. The van der Waals surface area contributed by atoms with E-state index in [1.54, 1.807) is 13.0 Å². The summed E-state index contributed by atoms with van der Waals surface area (Å²) in [4.78, 5) is 11.5. The summed E-state index contributed by atoms with van der Waals surface area (Å²) >= 11 is 0. The first kappa shape index (κ1) is 13.2. The summed E-state index contributed by atoms with van der Waals surface area (Å²) in [6, 6.07) is 2.44. The van der Waals surface area contributed by atoms with Gasteiger partial charge >= 0.3 is 0 Å². The predicted octanol–water partition coefficient (Wildman–Crippen LogP) is 2.07. The van der Waals surface area contributed by atoms with Gasteiger partial charge in [-0.3, -0.25) is 4.79 Å². The summed E-state index contributed by atoms with van der Waals surface area (Å²) < 4.78 is 25.8. The van der Waals surface area contributed by atoms with E-state index < -0.39 is 17.7 Å². The first-order chi connectivity index (χ1) is 8.02. The van der Waals surface area contributed by atoms with Crippen LogP contribution in [0.4, 0.5) is 14.5 Å². The molecule has 0 aliphatic carbocycles. The van der Waals surface area contributed by atoms with Crippen LogP contribution in [-0.2, 0) is 4.79 Å². The van der Waals surface area contributed by atoms with Gasteiger partial charge in [0.15, 0.2) is 0 Å². The van der Waals surface area contributed by atoms with Gasteiger partial charge < -0.3 is 10.6 Å². The van der Waals surface area contributed by atoms with Crippen molar-refractivity contribution in [3.8, 4) is 0 Å². The van der Waals surface area contributed by atoms with Gasteiger partial charge in [-0.1, -0.05) is 6.08 Å². The van der Waals surface area contributed by atoms with Crippen LogP contribution >= 0.6 is 0 Å². The molecule has 5 heteroatoms. The number of anilines is 1. The second-order valence-corrected chi connectivity index (χ2v) is 3.56. The normalized spacial score (nSPS) is 11.7. The summed E-state index contributed by atoms with van der Waals surface area (Å²) in [5.74, 6) is -1.65. The molecule has 0 saturated carbocycles. The van der Waals surface area contributed by atoms with Crippen LogP contribution in [0.15, 0.2) is 30.9 Å². The molecule has 0 fully saturated rings. The van der Waals surface area contributed by atoms with Crippen LogP contribution in [0.25, 0.3) is 0 Å². The molecule has 0 bridgehead atoms. The average Bonchev–Trinajstić information content (AvgIpc) is 2.24. The summed E-state index contributed by atoms with van der Waals surface area (Å²) in [6.07, 6.45) is 1.55. The van der Waals surface area contributed by atoms with Gasteiger partial charge in [-0.05, 0) is 19.1 Å². The number of hydrogen-bond acceptors (Lipinski definition) is 2. The van der Waals surface area contributed by atoms with Gasteiger partial charge in [-0.15, -0.1) is 6.58 Å². The smallest absolute Gasteiger partial charge is 0.242 e. The first-order valence-corrected chi connectivity index (χ1v) is 5.14. The Morgan fingerprint density at radius 3 is 2.53 bits per heavy atom. The highest BCUT2D eigenvalue weighted by Gasteiger charge is 2.12. The molecule has 17 heavy (non-hydrogen) atoms. The van der Waals surface area contributed by atoms with Crippen molar-refractivity contribution in [2.24, 2.45) is 0 Å². The molecular weight excluding hydrogens is 226 g/mol. The first-order valence-electron chi connectivity index (χ1n) is 5.14. The SMILES string of the molecule is C=CCNC(=O)C(C)Nc1cc(F)cc(F)c1. The van der Waals surface area contributed by atoms with Crippen molar-refractivity contribution >= 4 is 11.6 Å². The third-order valence-electron chi connectivity index (χ3n) is 2.06. The lowest BCUT2D eigenvalue weighted by molar-refractivity contribution is -0.121. The lowest BCUT2D eigenvalue weighted by Crippen LogP contribution is -2.37. The van der Waals surface area contributed by atoms with Gasteiger partial charge in [0.2, 0.25) is 5.91 Å². The third-order valence-corrected chi connectivity index (χ3v) is 2.06. The van der Waals surface area contributed by atoms with Crippen LogP contribution in [-0.4, -0.2) is 18.5 Å². The van der Waals surface area contributed by atoms with Crippen LogP contribution in [0.3, 0.4) is 0 Å². The Balaban J connectivity index is 2.63. The fourth-order valence-electron chi connectivity index (χ4n) is 1.28. The van der Waals surface area contributed by atoms with Crippen molar-refractivity contribution in [1.29, 1.82) is 0 Å². The largest absolute Gasteiger partial charge is 0.374 e. The molecule has 1 amide bonds. The monoisotopic (exact) mass is 240 g/mol. The molecular formula is C12H14F2N2O. The maximum Gasteiger partial charge on any atom is 0.242 e. The number of carbonyl (C=O) groups excluding carboxylic acids is 1. The van der Waals surface area contributed by atoms with E-state index in [1.165, 1.54) is 0 Å². The van der Waals surface area contributed by atoms with Gasteiger partial charge in [0.05, 0.1) is 0 Å². The maximum absolute atomic E-state index is 12.9. The molecule has 3 nitrogen and oxygen atoms in total. The Kier molecular flexibility index (Phi) is 4.63. The van der Waals surface area contributed by atoms with Crippen molar-refractivity contribution in [3.05, 3.63) is 42.5 Å². The molecule has 0 aliphatic heterocycles. The molecule has 1 atom stereocenters. The van der Waals surface area contributed by atoms with Crippen molar-refractivity contribution < 1.29 is 13.6 Å². The van der Waals surface area contributed by atoms with Crippen LogP contribution in [0.5, 0.6) is 0 Å². The van der Waals surface area contributed by atoms with Gasteiger partial charge in [0, 0.05) is 18.3 Å². The van der Waals surface area contributed by atoms with Crippen molar-refractivity contribution in [1.82, 2.24) is 5.32 Å². The fourth-order valence-corrected chi connectivity index (χ4v) is 1.28. The highest BCUT2D eigenvalue weighted by molar-refractivity contribution is 5.84. The molecule has 1 unspecified atom stereocenters. The second-order valence-electron chi connectivity index (χ2n) is 3.56. The Labute approximate surface area is 98.5 Å². The van der Waals surface area contributed by atoms with E-state index in [0.717, 1.165) is 18.2 Å². The number of rotatable bonds is 5. The molecule has 1 aromatic rings. The second kappa shape index (κ2) is 5.98. The van der Waals surface area contributed by atoms with Crippen LogP contribution < -0.4 is 10.6 Å². The van der Waals surface area contributed by atoms with E-state index in [1.807, 2.05) is 0 Å². The number of carbonyl (C=O) groups is 1. The van der Waals surface area contributed by atoms with Gasteiger partial charge in [-0.25, -0.2) is 8.78 Å². The highest BCUT2D eigenvalue weighted by atomic mass is 19.1. The molecule has 0 heterocycles. The van der Waals surface area contributed by atoms with Crippen molar-refractivity contribution in [2.75, 3.05) is 11.9 Å². The molecule has 2 N–H and O–H groups in total. The zero-order valence-electron chi connectivity index (χ0n) is 9.47. The predicted molar refractivity (Wildman–Crippen MR) is 62.6 cm³/mol. The minimum absolute atomic E-state index is 0.226. The van der Waals surface area contributed by atoms with Crippen LogP contribution in [0.2, 0.25) is 0 Å². The van der Waals surface area contributed by atoms with E-state index in [9.17, 15) is 13.6 Å². The minimum Gasteiger partial charge on any atom is -0.374 e. The Morgan fingerprint density at radius 1 is 1.41 bits per heavy atom. The molecule has 0 aliphatic rings. The number of nitrogens with one attached hydrogen (secondary N) is 2. The standard InChI is InChI=1S/C12H14F2N2O/c1-3-4-15-12(17)8(2)16-11-6-9(13)5-10(14)7-11/h3,5-8,16H,1,4H2,2H3,(H,15,17). The lowest BCUT2D eigenvalue weighted by Gasteiger charge is -2.14. The Bertz CT molecular complexity index is 401. The summed E-state index contributed by atoms with van der Waals surface area (Å²) in [7, 11) is 0. The Morgan fingerprint density at radius 2 is 2.00 bits per heavy atom. The average molecular weight is 240 g/mol. The zero-order chi connectivity index (χ0) is 12.8. The van der Waals surface area contributed by atoms with E-state index in [0.29, 0.717) is 6.54 Å². The molecule has 0 radical (unpaired) electrons. The minimum atomic E-state index is -0.689. The summed E-state index contributed by atoms with van der Waals surface area (Å²) in [5.41, 5.74) is 0.226. The number of amides is 1. The van der Waals surface area contributed by atoms with Crippen molar-refractivity contribution in [3.63, 3.8) is 0 Å². The van der Waals surface area contributed by atoms with E-state index in [2.05, 4.69) is 17.2 Å². The maximum atomic E-state index is 12.9. The highest BCUT2D eigenvalue weighted by Crippen LogP contribution is 2.13. The van der Waals surface area contributed by atoms with Gasteiger partial charge in [0.1, 0.15) is 17.7 Å². The number of halogens is 2. The van der Waals surface area contributed by atoms with E-state index in [-0.39, 0.29) is 11.6 Å². The van der Waals surface area contributed by atoms with Crippen LogP contribution in [0.1, 0.15) is 6.92 Å². The quantitative estimate of drug-likeness (QED) is 0.773. The van der Waals surface area contributed by atoms with Gasteiger partial charge in [0.25, 0.3) is 0 Å². The summed E-state index contributed by atoms with van der Waals surface area (Å²) in [6.45, 7) is 5.41. The zero-order valence-corrected chi connectivity index (χ0v) is 9.47. The number of hydrogen-bond donors (Lipinski definition) is 2. The summed E-state index contributed by atoms with van der Waals surface area (Å²) in [5, 5.41) is 5.28. The Hall–Kier alpha value is -1.91. The molecule has 0 spiro atoms. The third kappa shape index (κ3) is 4.22. The lowest BCUT2D eigenvalue weighted by atomic mass is 10.2. The van der Waals surface area contributed by atoms with Crippen molar-refractivity contribution in [2.45, 2.75) is 13.0 Å². The van der Waals surface area contributed by atoms with E-state index in [4.69, 9.17) is 0 Å². The molecule has 92 valence electrons. The molecule has 0 saturated heterocycles. The van der Waals surface area contributed by atoms with E-state index >= 15 is 0 Å².